The molecule has 3 N–H and O–H groups in total. The maximum absolute atomic E-state index is 12.7. The van der Waals surface area contributed by atoms with E-state index in [1.165, 1.54) is 10.9 Å². The number of nitrogens with one attached hydrogen (secondary N) is 1. The third-order valence-electron chi connectivity index (χ3n) is 4.53. The first kappa shape index (κ1) is 21.9. The van der Waals surface area contributed by atoms with E-state index in [9.17, 15) is 18.0 Å². The minimum atomic E-state index is -4.52. The van der Waals surface area contributed by atoms with Crippen LogP contribution in [-0.2, 0) is 12.8 Å². The van der Waals surface area contributed by atoms with Crippen molar-refractivity contribution in [2.45, 2.75) is 19.7 Å². The van der Waals surface area contributed by atoms with E-state index in [1.807, 2.05) is 0 Å². The molecule has 0 unspecified atom stereocenters. The molecule has 4 aromatic rings. The number of carbonyl (C=O) groups is 1. The summed E-state index contributed by atoms with van der Waals surface area (Å²) in [5.74, 6) is 0.350. The molecule has 1 aromatic carbocycles. The summed E-state index contributed by atoms with van der Waals surface area (Å²) in [4.78, 5) is 16.2. The molecular formula is C21H17F3N6O3. The molecule has 0 saturated heterocycles. The van der Waals surface area contributed by atoms with Gasteiger partial charge in [0.1, 0.15) is 46.7 Å². The molecule has 1 amide bonds. The standard InChI is InChI=1S/C21H17F3N6O3/c1-12-8-14(29-33-12)11-32-17-5-3-2-4-16(17)30-19(25)15(10-27-30)20(31)28-18-7-6-13(9-26-18)21(22,23)24/h2-10H,11,25H2,1H3,(H,26,28,31). The SMILES string of the molecule is Cc1cc(COc2ccccc2-n2ncc(C(=O)Nc3ccc(C(F)(F)F)cn3)c2N)no1. The number of rotatable bonds is 6. The largest absolute Gasteiger partial charge is 0.485 e. The molecule has 0 aliphatic carbocycles. The van der Waals surface area contributed by atoms with Gasteiger partial charge in [-0.25, -0.2) is 9.67 Å². The Morgan fingerprint density at radius 2 is 2.00 bits per heavy atom. The monoisotopic (exact) mass is 458 g/mol. The van der Waals surface area contributed by atoms with Crippen LogP contribution in [0.5, 0.6) is 5.75 Å². The molecule has 3 aromatic heterocycles. The van der Waals surface area contributed by atoms with Gasteiger partial charge in [-0.15, -0.1) is 0 Å². The number of aryl methyl sites for hydroxylation is 1. The number of hydrogen-bond donors (Lipinski definition) is 2. The second kappa shape index (κ2) is 8.65. The minimum Gasteiger partial charge on any atom is -0.485 e. The van der Waals surface area contributed by atoms with Gasteiger partial charge in [-0.3, -0.25) is 4.79 Å². The van der Waals surface area contributed by atoms with Crippen LogP contribution in [0.1, 0.15) is 27.4 Å². The zero-order chi connectivity index (χ0) is 23.6. The number of aromatic nitrogens is 4. The second-order valence-electron chi connectivity index (χ2n) is 6.92. The van der Waals surface area contributed by atoms with Crippen LogP contribution in [0.3, 0.4) is 0 Å². The summed E-state index contributed by atoms with van der Waals surface area (Å²) in [5.41, 5.74) is 6.30. The molecule has 4 rings (SSSR count). The normalized spacial score (nSPS) is 11.4. The molecule has 0 bridgehead atoms. The lowest BCUT2D eigenvalue weighted by atomic mass is 10.2. The molecule has 33 heavy (non-hydrogen) atoms. The average molecular weight is 458 g/mol. The van der Waals surface area contributed by atoms with Crippen LogP contribution in [0.4, 0.5) is 24.8 Å². The molecule has 0 aliphatic rings. The Labute approximate surface area is 185 Å². The van der Waals surface area contributed by atoms with Crippen molar-refractivity contribution >= 4 is 17.5 Å². The molecule has 170 valence electrons. The number of ether oxygens (including phenoxy) is 1. The fourth-order valence-corrected chi connectivity index (χ4v) is 2.94. The van der Waals surface area contributed by atoms with Crippen LogP contribution < -0.4 is 15.8 Å². The minimum absolute atomic E-state index is 0.00717. The fourth-order valence-electron chi connectivity index (χ4n) is 2.94. The number of nitrogen functional groups attached to an aromatic ring is 1. The van der Waals surface area contributed by atoms with Crippen molar-refractivity contribution in [3.8, 4) is 11.4 Å². The van der Waals surface area contributed by atoms with Crippen molar-refractivity contribution in [1.82, 2.24) is 19.9 Å². The van der Waals surface area contributed by atoms with Gasteiger partial charge in [0, 0.05) is 12.3 Å². The van der Waals surface area contributed by atoms with E-state index in [1.54, 1.807) is 37.3 Å². The number of alkyl halides is 3. The number of hydrogen-bond acceptors (Lipinski definition) is 7. The molecule has 0 spiro atoms. The van der Waals surface area contributed by atoms with Crippen molar-refractivity contribution in [1.29, 1.82) is 0 Å². The Kier molecular flexibility index (Phi) is 5.73. The van der Waals surface area contributed by atoms with Crippen LogP contribution in [0.2, 0.25) is 0 Å². The lowest BCUT2D eigenvalue weighted by Crippen LogP contribution is -2.15. The van der Waals surface area contributed by atoms with Gasteiger partial charge >= 0.3 is 6.18 Å². The van der Waals surface area contributed by atoms with E-state index >= 15 is 0 Å². The molecule has 3 heterocycles. The van der Waals surface area contributed by atoms with E-state index in [0.717, 1.165) is 12.1 Å². The van der Waals surface area contributed by atoms with Gasteiger partial charge in [0.25, 0.3) is 5.91 Å². The van der Waals surface area contributed by atoms with E-state index in [4.69, 9.17) is 15.0 Å². The summed E-state index contributed by atoms with van der Waals surface area (Å²) in [6, 6.07) is 10.5. The van der Waals surface area contributed by atoms with E-state index in [-0.39, 0.29) is 23.8 Å². The predicted molar refractivity (Wildman–Crippen MR) is 111 cm³/mol. The zero-order valence-electron chi connectivity index (χ0n) is 17.1. The lowest BCUT2D eigenvalue weighted by Gasteiger charge is -2.12. The topological polar surface area (TPSA) is 121 Å². The molecule has 0 fully saturated rings. The molecule has 0 radical (unpaired) electrons. The Morgan fingerprint density at radius 3 is 2.67 bits per heavy atom. The first-order chi connectivity index (χ1) is 15.7. The number of carbonyl (C=O) groups excluding carboxylic acids is 1. The number of nitrogens with two attached hydrogens (primary N) is 1. The lowest BCUT2D eigenvalue weighted by molar-refractivity contribution is -0.137. The summed E-state index contributed by atoms with van der Waals surface area (Å²) < 4.78 is 50.2. The first-order valence-corrected chi connectivity index (χ1v) is 9.55. The van der Waals surface area contributed by atoms with Gasteiger partial charge in [0.15, 0.2) is 0 Å². The van der Waals surface area contributed by atoms with Gasteiger partial charge in [-0.2, -0.15) is 18.3 Å². The maximum atomic E-state index is 12.7. The number of para-hydroxylation sites is 2. The highest BCUT2D eigenvalue weighted by molar-refractivity contribution is 6.06. The van der Waals surface area contributed by atoms with Crippen LogP contribution in [0.15, 0.2) is 59.4 Å². The molecule has 0 atom stereocenters. The van der Waals surface area contributed by atoms with Crippen LogP contribution in [0, 0.1) is 6.92 Å². The van der Waals surface area contributed by atoms with Gasteiger partial charge in [-0.1, -0.05) is 17.3 Å². The highest BCUT2D eigenvalue weighted by atomic mass is 19.4. The summed E-state index contributed by atoms with van der Waals surface area (Å²) >= 11 is 0. The highest BCUT2D eigenvalue weighted by Gasteiger charge is 2.30. The molecule has 12 heteroatoms. The first-order valence-electron chi connectivity index (χ1n) is 9.55. The Hall–Kier alpha value is -4.35. The molecular weight excluding hydrogens is 441 g/mol. The summed E-state index contributed by atoms with van der Waals surface area (Å²) in [5, 5.41) is 10.4. The van der Waals surface area contributed by atoms with Crippen molar-refractivity contribution in [3.05, 3.63) is 77.4 Å². The number of nitrogens with zero attached hydrogens (tertiary/aromatic N) is 4. The quantitative estimate of drug-likeness (QED) is 0.448. The van der Waals surface area contributed by atoms with Crippen molar-refractivity contribution in [3.63, 3.8) is 0 Å². The number of amides is 1. The summed E-state index contributed by atoms with van der Waals surface area (Å²) in [7, 11) is 0. The summed E-state index contributed by atoms with van der Waals surface area (Å²) in [6.07, 6.45) is -2.65. The van der Waals surface area contributed by atoms with E-state index in [2.05, 4.69) is 20.6 Å². The molecule has 0 saturated carbocycles. The van der Waals surface area contributed by atoms with Crippen molar-refractivity contribution < 1.29 is 27.2 Å². The maximum Gasteiger partial charge on any atom is 0.417 e. The number of pyridine rings is 1. The fraction of sp³-hybridized carbons (Fsp3) is 0.143. The third-order valence-corrected chi connectivity index (χ3v) is 4.53. The van der Waals surface area contributed by atoms with E-state index in [0.29, 0.717) is 29.1 Å². The van der Waals surface area contributed by atoms with Crippen LogP contribution >= 0.6 is 0 Å². The number of anilines is 2. The zero-order valence-corrected chi connectivity index (χ0v) is 17.1. The highest BCUT2D eigenvalue weighted by Crippen LogP contribution is 2.29. The second-order valence-corrected chi connectivity index (χ2v) is 6.92. The molecule has 0 aliphatic heterocycles. The van der Waals surface area contributed by atoms with Crippen LogP contribution in [0.25, 0.3) is 5.69 Å². The third kappa shape index (κ3) is 4.79. The van der Waals surface area contributed by atoms with Crippen LogP contribution in [-0.4, -0.2) is 25.8 Å². The predicted octanol–water partition coefficient (Wildman–Crippen LogP) is 4.00. The van der Waals surface area contributed by atoms with Gasteiger partial charge < -0.3 is 20.3 Å². The number of halogens is 3. The van der Waals surface area contributed by atoms with Crippen molar-refractivity contribution in [2.75, 3.05) is 11.1 Å². The Morgan fingerprint density at radius 1 is 1.21 bits per heavy atom. The summed E-state index contributed by atoms with van der Waals surface area (Å²) in [6.45, 7) is 1.91. The van der Waals surface area contributed by atoms with Gasteiger partial charge in [0.05, 0.1) is 11.8 Å². The van der Waals surface area contributed by atoms with Crippen molar-refractivity contribution in [2.24, 2.45) is 0 Å². The Balaban J connectivity index is 1.52. The Bertz CT molecular complexity index is 1280. The van der Waals surface area contributed by atoms with E-state index < -0.39 is 17.6 Å². The average Bonchev–Trinajstić information content (AvgIpc) is 3.37. The van der Waals surface area contributed by atoms with Gasteiger partial charge in [0.2, 0.25) is 0 Å². The van der Waals surface area contributed by atoms with Gasteiger partial charge in [-0.05, 0) is 31.2 Å². The number of benzene rings is 1. The smallest absolute Gasteiger partial charge is 0.417 e. The molecule has 9 nitrogen and oxygen atoms in total.